The van der Waals surface area contributed by atoms with E-state index in [9.17, 15) is 0 Å². The van der Waals surface area contributed by atoms with E-state index < -0.39 is 0 Å². The zero-order chi connectivity index (χ0) is 12.4. The first kappa shape index (κ1) is 11.2. The van der Waals surface area contributed by atoms with Crippen molar-refractivity contribution in [3.8, 4) is 0 Å². The van der Waals surface area contributed by atoms with Gasteiger partial charge in [0, 0.05) is 37.7 Å². The number of aryl methyl sites for hydroxylation is 1. The number of benzene rings is 1. The summed E-state index contributed by atoms with van der Waals surface area (Å²) < 4.78 is 1.93. The number of nitrogens with zero attached hydrogens (tertiary/aromatic N) is 3. The highest BCUT2D eigenvalue weighted by atomic mass is 15.3. The highest BCUT2D eigenvalue weighted by Gasteiger charge is 2.09. The molecule has 17 heavy (non-hydrogen) atoms. The van der Waals surface area contributed by atoms with Gasteiger partial charge in [-0.25, -0.2) is 4.98 Å². The smallest absolute Gasteiger partial charge is 0.209 e. The van der Waals surface area contributed by atoms with Gasteiger partial charge < -0.3 is 15.2 Å². The van der Waals surface area contributed by atoms with Crippen molar-refractivity contribution in [2.75, 3.05) is 11.9 Å². The number of amidine groups is 1. The number of imidazole rings is 1. The van der Waals surface area contributed by atoms with Crippen molar-refractivity contribution in [1.29, 1.82) is 5.41 Å². The second-order valence-corrected chi connectivity index (χ2v) is 3.86. The van der Waals surface area contributed by atoms with E-state index in [0.717, 1.165) is 11.6 Å². The Balaban J connectivity index is 2.37. The van der Waals surface area contributed by atoms with Crippen LogP contribution in [0.2, 0.25) is 0 Å². The van der Waals surface area contributed by atoms with Crippen LogP contribution in [-0.4, -0.2) is 22.4 Å². The lowest BCUT2D eigenvalue weighted by Crippen LogP contribution is -2.16. The molecular weight excluding hydrogens is 214 g/mol. The number of anilines is 2. The van der Waals surface area contributed by atoms with Crippen molar-refractivity contribution in [3.63, 3.8) is 0 Å². The summed E-state index contributed by atoms with van der Waals surface area (Å²) in [6, 6.07) is 7.53. The SMILES string of the molecule is CN(c1cccc(C(=N)N)c1)c1nccn1C. The fourth-order valence-corrected chi connectivity index (χ4v) is 1.68. The van der Waals surface area contributed by atoms with Gasteiger partial charge in [0.25, 0.3) is 0 Å². The van der Waals surface area contributed by atoms with E-state index in [1.54, 1.807) is 6.20 Å². The highest BCUT2D eigenvalue weighted by Crippen LogP contribution is 2.21. The van der Waals surface area contributed by atoms with Crippen LogP contribution in [0.5, 0.6) is 0 Å². The molecule has 88 valence electrons. The van der Waals surface area contributed by atoms with Crippen LogP contribution in [-0.2, 0) is 7.05 Å². The van der Waals surface area contributed by atoms with E-state index in [1.807, 2.05) is 54.0 Å². The van der Waals surface area contributed by atoms with Crippen molar-refractivity contribution >= 4 is 17.5 Å². The Bertz CT molecular complexity index is 543. The highest BCUT2D eigenvalue weighted by molar-refractivity contribution is 5.95. The standard InChI is InChI=1S/C12H15N5/c1-16-7-6-15-12(16)17(2)10-5-3-4-9(8-10)11(13)14/h3-8H,1-2H3,(H3,13,14). The molecule has 0 saturated heterocycles. The fraction of sp³-hybridized carbons (Fsp3) is 0.167. The molecule has 0 bridgehead atoms. The number of nitrogen functional groups attached to an aromatic ring is 1. The molecule has 1 heterocycles. The van der Waals surface area contributed by atoms with Gasteiger partial charge in [0.15, 0.2) is 0 Å². The molecule has 0 fully saturated rings. The average Bonchev–Trinajstić information content (AvgIpc) is 2.74. The van der Waals surface area contributed by atoms with Crippen LogP contribution in [0.4, 0.5) is 11.6 Å². The quantitative estimate of drug-likeness (QED) is 0.618. The van der Waals surface area contributed by atoms with Gasteiger partial charge in [-0.05, 0) is 12.1 Å². The molecule has 1 aromatic heterocycles. The predicted molar refractivity (Wildman–Crippen MR) is 68.7 cm³/mol. The molecule has 5 heteroatoms. The number of nitrogens with two attached hydrogens (primary N) is 1. The summed E-state index contributed by atoms with van der Waals surface area (Å²) in [5.74, 6) is 0.908. The monoisotopic (exact) mass is 229 g/mol. The Morgan fingerprint density at radius 2 is 2.24 bits per heavy atom. The van der Waals surface area contributed by atoms with Gasteiger partial charge in [0.05, 0.1) is 0 Å². The molecule has 0 atom stereocenters. The summed E-state index contributed by atoms with van der Waals surface area (Å²) in [7, 11) is 3.87. The maximum absolute atomic E-state index is 7.43. The Hall–Kier alpha value is -2.30. The van der Waals surface area contributed by atoms with E-state index in [2.05, 4.69) is 4.98 Å². The number of rotatable bonds is 3. The minimum absolute atomic E-state index is 0.0695. The molecule has 0 radical (unpaired) electrons. The van der Waals surface area contributed by atoms with Gasteiger partial charge in [-0.3, -0.25) is 5.41 Å². The molecule has 3 N–H and O–H groups in total. The molecule has 2 aromatic rings. The Morgan fingerprint density at radius 3 is 2.82 bits per heavy atom. The van der Waals surface area contributed by atoms with E-state index in [0.29, 0.717) is 5.56 Å². The van der Waals surface area contributed by atoms with Gasteiger partial charge in [-0.1, -0.05) is 12.1 Å². The van der Waals surface area contributed by atoms with Gasteiger partial charge in [0.1, 0.15) is 5.84 Å². The lowest BCUT2D eigenvalue weighted by molar-refractivity contribution is 0.884. The average molecular weight is 229 g/mol. The van der Waals surface area contributed by atoms with Crippen LogP contribution in [0, 0.1) is 5.41 Å². The number of nitrogens with one attached hydrogen (secondary N) is 1. The van der Waals surface area contributed by atoms with E-state index in [-0.39, 0.29) is 5.84 Å². The first-order valence-corrected chi connectivity index (χ1v) is 5.25. The topological polar surface area (TPSA) is 70.9 Å². The second kappa shape index (κ2) is 4.29. The summed E-state index contributed by atoms with van der Waals surface area (Å²) in [5, 5.41) is 7.43. The molecule has 0 aliphatic heterocycles. The van der Waals surface area contributed by atoms with Crippen molar-refractivity contribution in [1.82, 2.24) is 9.55 Å². The van der Waals surface area contributed by atoms with E-state index >= 15 is 0 Å². The van der Waals surface area contributed by atoms with Gasteiger partial charge >= 0.3 is 0 Å². The van der Waals surface area contributed by atoms with Crippen molar-refractivity contribution < 1.29 is 0 Å². The van der Waals surface area contributed by atoms with Crippen molar-refractivity contribution in [2.24, 2.45) is 12.8 Å². The summed E-state index contributed by atoms with van der Waals surface area (Å²) >= 11 is 0. The van der Waals surface area contributed by atoms with Crippen LogP contribution in [0.3, 0.4) is 0 Å². The summed E-state index contributed by atoms with van der Waals surface area (Å²) in [6.07, 6.45) is 3.64. The van der Waals surface area contributed by atoms with Crippen molar-refractivity contribution in [3.05, 3.63) is 42.2 Å². The predicted octanol–water partition coefficient (Wildman–Crippen LogP) is 1.47. The molecule has 0 aliphatic rings. The van der Waals surface area contributed by atoms with Crippen LogP contribution < -0.4 is 10.6 Å². The van der Waals surface area contributed by atoms with Crippen LogP contribution in [0.25, 0.3) is 0 Å². The molecule has 0 saturated carbocycles. The zero-order valence-corrected chi connectivity index (χ0v) is 9.88. The third kappa shape index (κ3) is 2.13. The molecule has 0 amide bonds. The molecule has 0 unspecified atom stereocenters. The van der Waals surface area contributed by atoms with Gasteiger partial charge in [-0.2, -0.15) is 0 Å². The fourth-order valence-electron chi connectivity index (χ4n) is 1.68. The van der Waals surface area contributed by atoms with Crippen LogP contribution >= 0.6 is 0 Å². The summed E-state index contributed by atoms with van der Waals surface area (Å²) in [4.78, 5) is 6.22. The Labute approximate surface area is 100 Å². The minimum Gasteiger partial charge on any atom is -0.384 e. The Kier molecular flexibility index (Phi) is 2.82. The molecule has 2 rings (SSSR count). The largest absolute Gasteiger partial charge is 0.384 e. The third-order valence-corrected chi connectivity index (χ3v) is 2.64. The lowest BCUT2D eigenvalue weighted by atomic mass is 10.2. The summed E-state index contributed by atoms with van der Waals surface area (Å²) in [5.41, 5.74) is 7.14. The molecule has 1 aromatic carbocycles. The number of hydrogen-bond acceptors (Lipinski definition) is 3. The normalized spacial score (nSPS) is 10.2. The minimum atomic E-state index is 0.0695. The maximum Gasteiger partial charge on any atom is 0.209 e. The maximum atomic E-state index is 7.43. The van der Waals surface area contributed by atoms with Crippen molar-refractivity contribution in [2.45, 2.75) is 0 Å². The molecule has 0 aliphatic carbocycles. The lowest BCUT2D eigenvalue weighted by Gasteiger charge is -2.18. The van der Waals surface area contributed by atoms with Gasteiger partial charge in [0.2, 0.25) is 5.95 Å². The molecule has 5 nitrogen and oxygen atoms in total. The van der Waals surface area contributed by atoms with Gasteiger partial charge in [-0.15, -0.1) is 0 Å². The van der Waals surface area contributed by atoms with Crippen LogP contribution in [0.15, 0.2) is 36.7 Å². The first-order chi connectivity index (χ1) is 8.09. The molecular formula is C12H15N5. The van der Waals surface area contributed by atoms with E-state index in [1.165, 1.54) is 0 Å². The zero-order valence-electron chi connectivity index (χ0n) is 9.88. The second-order valence-electron chi connectivity index (χ2n) is 3.86. The first-order valence-electron chi connectivity index (χ1n) is 5.25. The third-order valence-electron chi connectivity index (χ3n) is 2.64. The number of hydrogen-bond donors (Lipinski definition) is 2. The Morgan fingerprint density at radius 1 is 1.47 bits per heavy atom. The molecule has 0 spiro atoms. The van der Waals surface area contributed by atoms with E-state index in [4.69, 9.17) is 11.1 Å². The summed E-state index contributed by atoms with van der Waals surface area (Å²) in [6.45, 7) is 0. The number of aromatic nitrogens is 2. The van der Waals surface area contributed by atoms with Crippen LogP contribution in [0.1, 0.15) is 5.56 Å².